The molecule has 1 atom stereocenters. The van der Waals surface area contributed by atoms with Gasteiger partial charge in [-0.25, -0.2) is 0 Å². The second-order valence-electron chi connectivity index (χ2n) is 7.62. The summed E-state index contributed by atoms with van der Waals surface area (Å²) < 4.78 is 0. The number of amides is 1. The molecule has 0 spiro atoms. The van der Waals surface area contributed by atoms with E-state index >= 15 is 0 Å². The zero-order chi connectivity index (χ0) is 18.5. The van der Waals surface area contributed by atoms with Crippen molar-refractivity contribution < 1.29 is 4.79 Å². The van der Waals surface area contributed by atoms with E-state index in [2.05, 4.69) is 79.5 Å². The summed E-state index contributed by atoms with van der Waals surface area (Å²) in [6.45, 7) is 9.28. The van der Waals surface area contributed by atoms with Crippen molar-refractivity contribution in [1.29, 1.82) is 0 Å². The highest BCUT2D eigenvalue weighted by Gasteiger charge is 2.26. The van der Waals surface area contributed by atoms with Crippen molar-refractivity contribution in [1.82, 2.24) is 10.2 Å². The van der Waals surface area contributed by atoms with E-state index in [0.717, 1.165) is 32.5 Å². The van der Waals surface area contributed by atoms with Gasteiger partial charge in [0.2, 0.25) is 5.91 Å². The van der Waals surface area contributed by atoms with E-state index in [1.807, 2.05) is 0 Å². The number of carbonyl (C=O) groups excluding carboxylic acids is 1. The van der Waals surface area contributed by atoms with Gasteiger partial charge < -0.3 is 5.32 Å². The molecule has 1 aliphatic heterocycles. The predicted molar refractivity (Wildman–Crippen MR) is 107 cm³/mol. The summed E-state index contributed by atoms with van der Waals surface area (Å²) in [4.78, 5) is 15.1. The normalized spacial score (nSPS) is 17.0. The Balaban J connectivity index is 1.49. The lowest BCUT2D eigenvalue weighted by molar-refractivity contribution is -0.127. The third kappa shape index (κ3) is 4.73. The Bertz CT molecular complexity index is 730. The second-order valence-corrected chi connectivity index (χ2v) is 7.62. The summed E-state index contributed by atoms with van der Waals surface area (Å²) in [6, 6.07) is 17.0. The van der Waals surface area contributed by atoms with E-state index in [4.69, 9.17) is 0 Å². The van der Waals surface area contributed by atoms with Crippen LogP contribution in [0.5, 0.6) is 0 Å². The molecule has 1 N–H and O–H groups in total. The largest absolute Gasteiger partial charge is 0.349 e. The topological polar surface area (TPSA) is 32.3 Å². The van der Waals surface area contributed by atoms with Gasteiger partial charge in [0, 0.05) is 12.5 Å². The molecule has 1 aliphatic rings. The van der Waals surface area contributed by atoms with Crippen LogP contribution in [0.2, 0.25) is 0 Å². The molecular formula is C23H30N2O. The van der Waals surface area contributed by atoms with Crippen molar-refractivity contribution in [3.8, 4) is 0 Å². The molecule has 0 aromatic heterocycles. The van der Waals surface area contributed by atoms with Crippen LogP contribution in [0.3, 0.4) is 0 Å². The molecule has 0 radical (unpaired) electrons. The first-order valence-corrected chi connectivity index (χ1v) is 9.66. The monoisotopic (exact) mass is 350 g/mol. The van der Waals surface area contributed by atoms with Crippen LogP contribution in [0.1, 0.15) is 48.1 Å². The smallest absolute Gasteiger partial charge is 0.223 e. The molecule has 3 nitrogen and oxygen atoms in total. The van der Waals surface area contributed by atoms with Crippen LogP contribution in [0.15, 0.2) is 48.5 Å². The summed E-state index contributed by atoms with van der Waals surface area (Å²) in [6.07, 6.45) is 1.89. The third-order valence-corrected chi connectivity index (χ3v) is 5.55. The lowest BCUT2D eigenvalue weighted by atomic mass is 9.94. The Labute approximate surface area is 157 Å². The second kappa shape index (κ2) is 8.50. The molecule has 138 valence electrons. The first kappa shape index (κ1) is 18.7. The number of nitrogens with zero attached hydrogens (tertiary/aromatic N) is 1. The molecule has 26 heavy (non-hydrogen) atoms. The number of hydrogen-bond donors (Lipinski definition) is 1. The fourth-order valence-electron chi connectivity index (χ4n) is 3.65. The average Bonchev–Trinajstić information content (AvgIpc) is 2.64. The number of piperidine rings is 1. The minimum Gasteiger partial charge on any atom is -0.349 e. The van der Waals surface area contributed by atoms with Crippen molar-refractivity contribution in [3.63, 3.8) is 0 Å². The third-order valence-electron chi connectivity index (χ3n) is 5.55. The number of hydrogen-bond acceptors (Lipinski definition) is 2. The van der Waals surface area contributed by atoms with Crippen LogP contribution in [-0.4, -0.2) is 23.9 Å². The molecule has 2 aromatic rings. The number of benzene rings is 2. The van der Waals surface area contributed by atoms with Crippen LogP contribution in [0, 0.1) is 19.8 Å². The maximum absolute atomic E-state index is 12.6. The maximum atomic E-state index is 12.6. The van der Waals surface area contributed by atoms with Crippen molar-refractivity contribution >= 4 is 5.91 Å². The van der Waals surface area contributed by atoms with E-state index in [1.54, 1.807) is 0 Å². The van der Waals surface area contributed by atoms with Gasteiger partial charge in [0.15, 0.2) is 0 Å². The summed E-state index contributed by atoms with van der Waals surface area (Å²) >= 11 is 0. The Hall–Kier alpha value is -2.13. The van der Waals surface area contributed by atoms with Gasteiger partial charge in [0.25, 0.3) is 0 Å². The quantitative estimate of drug-likeness (QED) is 0.867. The van der Waals surface area contributed by atoms with Crippen molar-refractivity contribution in [2.45, 2.75) is 46.2 Å². The fraction of sp³-hybridized carbons (Fsp3) is 0.435. The highest BCUT2D eigenvalue weighted by Crippen LogP contribution is 2.22. The van der Waals surface area contributed by atoms with E-state index < -0.39 is 0 Å². The maximum Gasteiger partial charge on any atom is 0.223 e. The van der Waals surface area contributed by atoms with Gasteiger partial charge in [-0.15, -0.1) is 0 Å². The highest BCUT2D eigenvalue weighted by molar-refractivity contribution is 5.79. The highest BCUT2D eigenvalue weighted by atomic mass is 16.1. The average molecular weight is 351 g/mol. The van der Waals surface area contributed by atoms with Gasteiger partial charge in [0.1, 0.15) is 0 Å². The summed E-state index contributed by atoms with van der Waals surface area (Å²) in [5.74, 6) is 0.338. The number of aryl methyl sites for hydroxylation is 2. The number of carbonyl (C=O) groups is 1. The summed E-state index contributed by atoms with van der Waals surface area (Å²) in [7, 11) is 0. The minimum atomic E-state index is 0.0631. The van der Waals surface area contributed by atoms with Crippen LogP contribution in [0.4, 0.5) is 0 Å². The van der Waals surface area contributed by atoms with Gasteiger partial charge >= 0.3 is 0 Å². The summed E-state index contributed by atoms with van der Waals surface area (Å²) in [5.41, 5.74) is 5.15. The van der Waals surface area contributed by atoms with E-state index in [9.17, 15) is 4.79 Å². The van der Waals surface area contributed by atoms with Gasteiger partial charge in [-0.05, 0) is 63.4 Å². The Morgan fingerprint density at radius 2 is 1.73 bits per heavy atom. The molecule has 1 saturated heterocycles. The van der Waals surface area contributed by atoms with Crippen molar-refractivity contribution in [2.75, 3.05) is 13.1 Å². The standard InChI is InChI=1S/C23H30N2O/c1-17-8-10-20(11-9-17)19(3)24-23(26)21-12-14-25(15-13-21)16-22-7-5-4-6-18(22)2/h4-11,19,21H,12-16H2,1-3H3,(H,24,26). The molecule has 2 aromatic carbocycles. The Morgan fingerprint density at radius 1 is 1.08 bits per heavy atom. The van der Waals surface area contributed by atoms with Crippen molar-refractivity contribution in [2.24, 2.45) is 5.92 Å². The molecule has 3 heteroatoms. The first-order valence-electron chi connectivity index (χ1n) is 9.66. The molecule has 1 unspecified atom stereocenters. The lowest BCUT2D eigenvalue weighted by Crippen LogP contribution is -2.41. The van der Waals surface area contributed by atoms with E-state index in [1.165, 1.54) is 22.3 Å². The molecule has 1 heterocycles. The Kier molecular flexibility index (Phi) is 6.10. The van der Waals surface area contributed by atoms with E-state index in [-0.39, 0.29) is 17.9 Å². The molecular weight excluding hydrogens is 320 g/mol. The number of rotatable bonds is 5. The predicted octanol–water partition coefficient (Wildman–Crippen LogP) is 4.39. The van der Waals surface area contributed by atoms with E-state index in [0.29, 0.717) is 0 Å². The van der Waals surface area contributed by atoms with Gasteiger partial charge in [0.05, 0.1) is 6.04 Å². The molecule has 0 bridgehead atoms. The Morgan fingerprint density at radius 3 is 2.38 bits per heavy atom. The fourth-order valence-corrected chi connectivity index (χ4v) is 3.65. The summed E-state index contributed by atoms with van der Waals surface area (Å²) in [5, 5.41) is 3.20. The number of likely N-dealkylation sites (tertiary alicyclic amines) is 1. The van der Waals surface area contributed by atoms with Crippen LogP contribution in [0.25, 0.3) is 0 Å². The number of nitrogens with one attached hydrogen (secondary N) is 1. The minimum absolute atomic E-state index is 0.0631. The van der Waals surface area contributed by atoms with Gasteiger partial charge in [-0.2, -0.15) is 0 Å². The van der Waals surface area contributed by atoms with Crippen LogP contribution in [-0.2, 0) is 11.3 Å². The van der Waals surface area contributed by atoms with Crippen LogP contribution < -0.4 is 5.32 Å². The zero-order valence-corrected chi connectivity index (χ0v) is 16.2. The SMILES string of the molecule is Cc1ccc(C(C)NC(=O)C2CCN(Cc3ccccc3C)CC2)cc1. The van der Waals surface area contributed by atoms with Crippen molar-refractivity contribution in [3.05, 3.63) is 70.8 Å². The molecule has 1 fully saturated rings. The molecule has 0 aliphatic carbocycles. The van der Waals surface area contributed by atoms with Crippen LogP contribution >= 0.6 is 0 Å². The molecule has 0 saturated carbocycles. The van der Waals surface area contributed by atoms with Gasteiger partial charge in [-0.1, -0.05) is 54.1 Å². The molecule has 1 amide bonds. The first-order chi connectivity index (χ1) is 12.5. The van der Waals surface area contributed by atoms with Gasteiger partial charge in [-0.3, -0.25) is 9.69 Å². The lowest BCUT2D eigenvalue weighted by Gasteiger charge is -2.32. The molecule has 3 rings (SSSR count). The zero-order valence-electron chi connectivity index (χ0n) is 16.2.